The van der Waals surface area contributed by atoms with Gasteiger partial charge in [-0.05, 0) is 67.1 Å². The predicted molar refractivity (Wildman–Crippen MR) is 123 cm³/mol. The molecule has 4 bridgehead atoms. The first-order valence-electron chi connectivity index (χ1n) is 11.1. The Balaban J connectivity index is 2.17. The van der Waals surface area contributed by atoms with Gasteiger partial charge in [0.05, 0.1) is 12.5 Å². The Kier molecular flexibility index (Phi) is 7.69. The molecule has 2 aromatic carbocycles. The number of hydrogen-bond acceptors (Lipinski definition) is 4. The van der Waals surface area contributed by atoms with Gasteiger partial charge in [-0.3, -0.25) is 9.59 Å². The van der Waals surface area contributed by atoms with Crippen LogP contribution in [0.5, 0.6) is 5.75 Å². The van der Waals surface area contributed by atoms with Crippen molar-refractivity contribution in [2.75, 3.05) is 19.7 Å². The molecule has 1 heterocycles. The molecule has 6 heteroatoms. The fourth-order valence-corrected chi connectivity index (χ4v) is 4.01. The molecule has 2 amide bonds. The van der Waals surface area contributed by atoms with E-state index in [1.165, 1.54) is 5.56 Å². The lowest BCUT2D eigenvalue weighted by Crippen LogP contribution is -2.42. The first-order valence-corrected chi connectivity index (χ1v) is 11.1. The van der Waals surface area contributed by atoms with E-state index in [9.17, 15) is 9.59 Å². The zero-order valence-electron chi connectivity index (χ0n) is 18.7. The Morgan fingerprint density at radius 2 is 1.90 bits per heavy atom. The highest BCUT2D eigenvalue weighted by atomic mass is 16.5. The van der Waals surface area contributed by atoms with Gasteiger partial charge in [-0.25, -0.2) is 0 Å². The van der Waals surface area contributed by atoms with Crippen LogP contribution in [-0.2, 0) is 22.4 Å². The van der Waals surface area contributed by atoms with Gasteiger partial charge in [-0.15, -0.1) is 0 Å². The van der Waals surface area contributed by atoms with Crippen molar-refractivity contribution in [3.8, 4) is 16.9 Å². The zero-order chi connectivity index (χ0) is 22.4. The summed E-state index contributed by atoms with van der Waals surface area (Å²) in [6.45, 7) is 6.83. The topological polar surface area (TPSA) is 93.4 Å². The summed E-state index contributed by atoms with van der Waals surface area (Å²) in [5, 5.41) is 5.73. The van der Waals surface area contributed by atoms with Crippen molar-refractivity contribution in [2.45, 2.75) is 52.0 Å². The number of ether oxygens (including phenoxy) is 1. The number of aryl methyl sites for hydroxylation is 1. The molecule has 2 unspecified atom stereocenters. The molecule has 3 rings (SSSR count). The Hall–Kier alpha value is -2.86. The van der Waals surface area contributed by atoms with Crippen LogP contribution in [0.3, 0.4) is 0 Å². The summed E-state index contributed by atoms with van der Waals surface area (Å²) in [6.07, 6.45) is 2.64. The first-order chi connectivity index (χ1) is 14.9. The van der Waals surface area contributed by atoms with Crippen LogP contribution in [-0.4, -0.2) is 37.6 Å². The second-order valence-corrected chi connectivity index (χ2v) is 8.25. The van der Waals surface area contributed by atoms with E-state index in [1.807, 2.05) is 32.0 Å². The third kappa shape index (κ3) is 5.64. The van der Waals surface area contributed by atoms with Crippen molar-refractivity contribution in [2.24, 2.45) is 5.73 Å². The number of carbonyl (C=O) groups excluding carboxylic acids is 2. The van der Waals surface area contributed by atoms with Gasteiger partial charge >= 0.3 is 0 Å². The molecule has 0 aliphatic carbocycles. The third-order valence-electron chi connectivity index (χ3n) is 5.63. The summed E-state index contributed by atoms with van der Waals surface area (Å²) in [4.78, 5) is 24.9. The summed E-state index contributed by atoms with van der Waals surface area (Å²) in [6, 6.07) is 12.3. The van der Waals surface area contributed by atoms with Crippen LogP contribution in [0.25, 0.3) is 11.1 Å². The Morgan fingerprint density at radius 3 is 2.65 bits per heavy atom. The van der Waals surface area contributed by atoms with Gasteiger partial charge in [0.25, 0.3) is 0 Å². The SMILES string of the molecule is CCCc1ccc2cc1-c1cc(ccc1OCCN)CC(C)NC(=O)CNC(=O)C2C. The number of nitrogens with two attached hydrogens (primary N) is 1. The van der Waals surface area contributed by atoms with E-state index >= 15 is 0 Å². The monoisotopic (exact) mass is 423 g/mol. The fraction of sp³-hybridized carbons (Fsp3) is 0.440. The molecule has 0 radical (unpaired) electrons. The minimum absolute atomic E-state index is 0.0224. The number of benzene rings is 2. The molecule has 4 N–H and O–H groups in total. The standard InChI is InChI=1S/C25H33N3O3/c1-4-5-19-7-8-20-14-21(19)22-13-18(6-9-23(22)31-11-10-26)12-16(2)28-24(29)15-27-25(30)17(20)3/h6-9,13-14,16-17H,4-5,10-12,15,26H2,1-3H3,(H,27,30)(H,28,29). The quantitative estimate of drug-likeness (QED) is 0.689. The number of rotatable bonds is 5. The Labute approximate surface area is 184 Å². The lowest BCUT2D eigenvalue weighted by Gasteiger charge is -2.21. The van der Waals surface area contributed by atoms with E-state index in [0.29, 0.717) is 19.6 Å². The van der Waals surface area contributed by atoms with Gasteiger partial charge in [-0.1, -0.05) is 31.5 Å². The molecular weight excluding hydrogens is 390 g/mol. The average molecular weight is 424 g/mol. The third-order valence-corrected chi connectivity index (χ3v) is 5.63. The highest BCUT2D eigenvalue weighted by Crippen LogP contribution is 2.36. The van der Waals surface area contributed by atoms with Gasteiger partial charge in [0.15, 0.2) is 0 Å². The first kappa shape index (κ1) is 22.8. The predicted octanol–water partition coefficient (Wildman–Crippen LogP) is 2.92. The molecule has 0 fully saturated rings. The van der Waals surface area contributed by atoms with E-state index < -0.39 is 0 Å². The number of nitrogens with one attached hydrogen (secondary N) is 2. The van der Waals surface area contributed by atoms with Crippen LogP contribution in [0.1, 0.15) is 49.8 Å². The maximum Gasteiger partial charge on any atom is 0.239 e. The van der Waals surface area contributed by atoms with Gasteiger partial charge in [0.2, 0.25) is 11.8 Å². The minimum atomic E-state index is -0.376. The van der Waals surface area contributed by atoms with Crippen molar-refractivity contribution in [1.82, 2.24) is 10.6 Å². The second-order valence-electron chi connectivity index (χ2n) is 8.25. The Morgan fingerprint density at radius 1 is 1.10 bits per heavy atom. The highest BCUT2D eigenvalue weighted by Gasteiger charge is 2.21. The van der Waals surface area contributed by atoms with E-state index in [-0.39, 0.29) is 30.3 Å². The van der Waals surface area contributed by atoms with Crippen molar-refractivity contribution in [3.63, 3.8) is 0 Å². The second kappa shape index (κ2) is 10.4. The van der Waals surface area contributed by atoms with E-state index in [4.69, 9.17) is 10.5 Å². The van der Waals surface area contributed by atoms with Crippen molar-refractivity contribution in [3.05, 3.63) is 53.1 Å². The molecule has 0 saturated carbocycles. The summed E-state index contributed by atoms with van der Waals surface area (Å²) in [5.41, 5.74) is 11.0. The van der Waals surface area contributed by atoms with Crippen LogP contribution in [0, 0.1) is 0 Å². The normalized spacial score (nSPS) is 19.2. The molecular formula is C25H33N3O3. The molecule has 1 aliphatic rings. The summed E-state index contributed by atoms with van der Waals surface area (Å²) < 4.78 is 5.98. The van der Waals surface area contributed by atoms with Crippen LogP contribution in [0.2, 0.25) is 0 Å². The van der Waals surface area contributed by atoms with Crippen molar-refractivity contribution < 1.29 is 14.3 Å². The number of hydrogen-bond donors (Lipinski definition) is 3. The fourth-order valence-electron chi connectivity index (χ4n) is 4.01. The van der Waals surface area contributed by atoms with E-state index in [0.717, 1.165) is 40.8 Å². The molecule has 0 spiro atoms. The summed E-state index contributed by atoms with van der Waals surface area (Å²) in [7, 11) is 0. The molecule has 0 aromatic heterocycles. The molecule has 166 valence electrons. The largest absolute Gasteiger partial charge is 0.492 e. The average Bonchev–Trinajstić information content (AvgIpc) is 2.76. The van der Waals surface area contributed by atoms with Crippen molar-refractivity contribution >= 4 is 11.8 Å². The molecule has 31 heavy (non-hydrogen) atoms. The molecule has 6 nitrogen and oxygen atoms in total. The Bertz CT molecular complexity index is 942. The zero-order valence-corrected chi connectivity index (χ0v) is 18.7. The lowest BCUT2D eigenvalue weighted by molar-refractivity contribution is -0.127. The van der Waals surface area contributed by atoms with Crippen LogP contribution in [0.4, 0.5) is 0 Å². The maximum absolute atomic E-state index is 12.7. The van der Waals surface area contributed by atoms with Crippen LogP contribution >= 0.6 is 0 Å². The summed E-state index contributed by atoms with van der Waals surface area (Å²) >= 11 is 0. The number of carbonyl (C=O) groups is 2. The highest BCUT2D eigenvalue weighted by molar-refractivity contribution is 5.89. The van der Waals surface area contributed by atoms with Crippen LogP contribution < -0.4 is 21.1 Å². The smallest absolute Gasteiger partial charge is 0.239 e. The number of amides is 2. The van der Waals surface area contributed by atoms with E-state index in [2.05, 4.69) is 35.8 Å². The molecule has 1 aliphatic heterocycles. The van der Waals surface area contributed by atoms with Gasteiger partial charge in [-0.2, -0.15) is 0 Å². The summed E-state index contributed by atoms with van der Waals surface area (Å²) in [5.74, 6) is 0.0541. The van der Waals surface area contributed by atoms with Gasteiger partial charge in [0, 0.05) is 18.2 Å². The van der Waals surface area contributed by atoms with Crippen LogP contribution in [0.15, 0.2) is 36.4 Å². The van der Waals surface area contributed by atoms with Crippen molar-refractivity contribution in [1.29, 1.82) is 0 Å². The van der Waals surface area contributed by atoms with E-state index in [1.54, 1.807) is 0 Å². The number of fused-ring (bicyclic) bond motifs is 5. The van der Waals surface area contributed by atoms with Gasteiger partial charge < -0.3 is 21.1 Å². The molecule has 2 aromatic rings. The lowest BCUT2D eigenvalue weighted by atomic mass is 9.89. The molecule has 2 atom stereocenters. The van der Waals surface area contributed by atoms with Gasteiger partial charge in [0.1, 0.15) is 12.4 Å². The maximum atomic E-state index is 12.7. The molecule has 0 saturated heterocycles. The minimum Gasteiger partial charge on any atom is -0.492 e.